The maximum absolute atomic E-state index is 6.12. The molecule has 2 aromatic carbocycles. The lowest BCUT2D eigenvalue weighted by atomic mass is 10.2. The fourth-order valence-corrected chi connectivity index (χ4v) is 2.07. The lowest BCUT2D eigenvalue weighted by Gasteiger charge is -2.08. The number of rotatable bonds is 4. The number of benzene rings is 2. The Hall–Kier alpha value is -2.33. The molecule has 3 rings (SSSR count). The second-order valence-electron chi connectivity index (χ2n) is 4.27. The summed E-state index contributed by atoms with van der Waals surface area (Å²) in [7, 11) is 0. The monoisotopic (exact) mass is 285 g/mol. The van der Waals surface area contributed by atoms with Gasteiger partial charge in [-0.3, -0.25) is 0 Å². The third-order valence-corrected chi connectivity index (χ3v) is 3.30. The van der Waals surface area contributed by atoms with E-state index in [0.29, 0.717) is 12.4 Å². The lowest BCUT2D eigenvalue weighted by molar-refractivity contribution is 0.568. The van der Waals surface area contributed by atoms with E-state index < -0.39 is 0 Å². The third kappa shape index (κ3) is 2.81. The first-order valence-electron chi connectivity index (χ1n) is 6.17. The highest BCUT2D eigenvalue weighted by atomic mass is 35.5. The Balaban J connectivity index is 1.68. The molecule has 1 heterocycles. The van der Waals surface area contributed by atoms with E-state index in [1.807, 2.05) is 48.5 Å². The molecule has 0 radical (unpaired) electrons. The van der Waals surface area contributed by atoms with Gasteiger partial charge in [0.05, 0.1) is 0 Å². The van der Waals surface area contributed by atoms with Crippen LogP contribution >= 0.6 is 11.6 Å². The lowest BCUT2D eigenvalue weighted by Crippen LogP contribution is -1.99. The molecule has 5 heteroatoms. The molecular formula is C15H12ClN3O. The largest absolute Gasteiger partial charge is 0.423 e. The van der Waals surface area contributed by atoms with Gasteiger partial charge in [0.1, 0.15) is 0 Å². The molecule has 4 nitrogen and oxygen atoms in total. The quantitative estimate of drug-likeness (QED) is 0.787. The third-order valence-electron chi connectivity index (χ3n) is 2.93. The van der Waals surface area contributed by atoms with Crippen LogP contribution in [0.4, 0.5) is 5.69 Å². The fourth-order valence-electron chi connectivity index (χ4n) is 1.87. The minimum atomic E-state index is 0.516. The van der Waals surface area contributed by atoms with Crippen molar-refractivity contribution in [3.8, 4) is 11.5 Å². The van der Waals surface area contributed by atoms with Crippen LogP contribution in [0.2, 0.25) is 5.02 Å². The van der Waals surface area contributed by atoms with Crippen molar-refractivity contribution in [2.24, 2.45) is 0 Å². The average molecular weight is 286 g/mol. The minimum Gasteiger partial charge on any atom is -0.423 e. The van der Waals surface area contributed by atoms with Gasteiger partial charge in [-0.15, -0.1) is 10.2 Å². The van der Waals surface area contributed by atoms with Gasteiger partial charge >= 0.3 is 0 Å². The van der Waals surface area contributed by atoms with Crippen molar-refractivity contribution in [1.82, 2.24) is 10.2 Å². The van der Waals surface area contributed by atoms with Gasteiger partial charge in [-0.25, -0.2) is 0 Å². The summed E-state index contributed by atoms with van der Waals surface area (Å²) in [6.45, 7) is 0.680. The minimum absolute atomic E-state index is 0.516. The van der Waals surface area contributed by atoms with E-state index in [9.17, 15) is 0 Å². The summed E-state index contributed by atoms with van der Waals surface area (Å²) in [5.74, 6) is 0.516. The second kappa shape index (κ2) is 5.75. The van der Waals surface area contributed by atoms with E-state index in [-0.39, 0.29) is 0 Å². The summed E-state index contributed by atoms with van der Waals surface area (Å²) in [6, 6.07) is 15.6. The molecule has 0 saturated carbocycles. The molecular weight excluding hydrogens is 274 g/mol. The molecule has 0 aliphatic heterocycles. The molecule has 0 spiro atoms. The van der Waals surface area contributed by atoms with Gasteiger partial charge in [-0.2, -0.15) is 0 Å². The zero-order valence-corrected chi connectivity index (χ0v) is 11.3. The van der Waals surface area contributed by atoms with Crippen molar-refractivity contribution >= 4 is 17.3 Å². The van der Waals surface area contributed by atoms with Crippen molar-refractivity contribution in [2.75, 3.05) is 5.32 Å². The van der Waals surface area contributed by atoms with Gasteiger partial charge < -0.3 is 9.73 Å². The van der Waals surface area contributed by atoms with E-state index >= 15 is 0 Å². The van der Waals surface area contributed by atoms with Crippen LogP contribution < -0.4 is 5.32 Å². The summed E-state index contributed by atoms with van der Waals surface area (Å²) in [4.78, 5) is 0. The van der Waals surface area contributed by atoms with Crippen LogP contribution in [0.15, 0.2) is 59.3 Å². The number of anilines is 1. The Morgan fingerprint density at radius 3 is 2.55 bits per heavy atom. The van der Waals surface area contributed by atoms with Gasteiger partial charge in [0.15, 0.2) is 0 Å². The van der Waals surface area contributed by atoms with E-state index in [0.717, 1.165) is 21.8 Å². The molecule has 0 fully saturated rings. The van der Waals surface area contributed by atoms with Crippen molar-refractivity contribution in [2.45, 2.75) is 6.54 Å². The Morgan fingerprint density at radius 2 is 1.85 bits per heavy atom. The highest BCUT2D eigenvalue weighted by Gasteiger charge is 2.03. The molecule has 0 amide bonds. The average Bonchev–Trinajstić information content (AvgIpc) is 3.01. The van der Waals surface area contributed by atoms with Crippen molar-refractivity contribution in [3.63, 3.8) is 0 Å². The molecule has 20 heavy (non-hydrogen) atoms. The molecule has 0 atom stereocenters. The van der Waals surface area contributed by atoms with Crippen molar-refractivity contribution < 1.29 is 4.42 Å². The van der Waals surface area contributed by atoms with Gasteiger partial charge in [0.2, 0.25) is 12.3 Å². The van der Waals surface area contributed by atoms with Crippen LogP contribution in [0.3, 0.4) is 0 Å². The Morgan fingerprint density at radius 1 is 1.05 bits per heavy atom. The molecule has 0 aliphatic rings. The predicted octanol–water partition coefficient (Wildman–Crippen LogP) is 4.00. The van der Waals surface area contributed by atoms with Crippen LogP contribution in [0.25, 0.3) is 11.5 Å². The highest BCUT2D eigenvalue weighted by molar-refractivity contribution is 6.31. The number of nitrogens with zero attached hydrogens (tertiary/aromatic N) is 2. The molecule has 0 aliphatic carbocycles. The number of halogens is 1. The number of aromatic nitrogens is 2. The standard InChI is InChI=1S/C15H12ClN3O/c16-14-4-2-1-3-12(14)9-17-13-7-5-11(6-8-13)15-19-18-10-20-15/h1-8,10,17H,9H2. The molecule has 0 saturated heterocycles. The van der Waals surface area contributed by atoms with E-state index in [1.165, 1.54) is 6.39 Å². The molecule has 1 aromatic heterocycles. The Labute approximate surface area is 121 Å². The first kappa shape index (κ1) is 12.7. The van der Waals surface area contributed by atoms with Crippen LogP contribution in [0, 0.1) is 0 Å². The van der Waals surface area contributed by atoms with Crippen molar-refractivity contribution in [1.29, 1.82) is 0 Å². The first-order chi connectivity index (χ1) is 9.83. The van der Waals surface area contributed by atoms with E-state index in [2.05, 4.69) is 15.5 Å². The van der Waals surface area contributed by atoms with Crippen LogP contribution in [-0.2, 0) is 6.54 Å². The van der Waals surface area contributed by atoms with Gasteiger partial charge in [0, 0.05) is 22.8 Å². The SMILES string of the molecule is Clc1ccccc1CNc1ccc(-c2nnco2)cc1. The Bertz CT molecular complexity index is 681. The summed E-state index contributed by atoms with van der Waals surface area (Å²) in [5, 5.41) is 11.6. The Kier molecular flexibility index (Phi) is 3.65. The van der Waals surface area contributed by atoms with E-state index in [4.69, 9.17) is 16.0 Å². The van der Waals surface area contributed by atoms with Gasteiger partial charge in [-0.1, -0.05) is 29.8 Å². The second-order valence-corrected chi connectivity index (χ2v) is 4.67. The van der Waals surface area contributed by atoms with Crippen LogP contribution in [0.1, 0.15) is 5.56 Å². The molecule has 0 unspecified atom stereocenters. The van der Waals surface area contributed by atoms with E-state index in [1.54, 1.807) is 0 Å². The van der Waals surface area contributed by atoms with Crippen molar-refractivity contribution in [3.05, 3.63) is 65.5 Å². The summed E-state index contributed by atoms with van der Waals surface area (Å²) in [5.41, 5.74) is 2.97. The molecule has 3 aromatic rings. The predicted molar refractivity (Wildman–Crippen MR) is 78.5 cm³/mol. The fraction of sp³-hybridized carbons (Fsp3) is 0.0667. The maximum atomic E-state index is 6.12. The number of nitrogens with one attached hydrogen (secondary N) is 1. The summed E-state index contributed by atoms with van der Waals surface area (Å²) >= 11 is 6.12. The smallest absolute Gasteiger partial charge is 0.247 e. The molecule has 0 bridgehead atoms. The summed E-state index contributed by atoms with van der Waals surface area (Å²) in [6.07, 6.45) is 1.32. The van der Waals surface area contributed by atoms with Gasteiger partial charge in [-0.05, 0) is 35.9 Å². The number of hydrogen-bond donors (Lipinski definition) is 1. The first-order valence-corrected chi connectivity index (χ1v) is 6.54. The van der Waals surface area contributed by atoms with Gasteiger partial charge in [0.25, 0.3) is 0 Å². The molecule has 100 valence electrons. The zero-order valence-electron chi connectivity index (χ0n) is 10.6. The topological polar surface area (TPSA) is 51.0 Å². The number of hydrogen-bond acceptors (Lipinski definition) is 4. The maximum Gasteiger partial charge on any atom is 0.247 e. The molecule has 1 N–H and O–H groups in total. The zero-order chi connectivity index (χ0) is 13.8. The van der Waals surface area contributed by atoms with Crippen LogP contribution in [-0.4, -0.2) is 10.2 Å². The normalized spacial score (nSPS) is 10.4. The summed E-state index contributed by atoms with van der Waals surface area (Å²) < 4.78 is 5.14. The highest BCUT2D eigenvalue weighted by Crippen LogP contribution is 2.20. The van der Waals surface area contributed by atoms with Crippen LogP contribution in [0.5, 0.6) is 0 Å².